The summed E-state index contributed by atoms with van der Waals surface area (Å²) in [5.41, 5.74) is 3.36. The van der Waals surface area contributed by atoms with Gasteiger partial charge in [-0.3, -0.25) is 4.99 Å². The summed E-state index contributed by atoms with van der Waals surface area (Å²) in [6, 6.07) is 25.2. The number of nitrogens with one attached hydrogen (secondary N) is 1. The van der Waals surface area contributed by atoms with Crippen LogP contribution in [0.1, 0.15) is 31.4 Å². The van der Waals surface area contributed by atoms with Crippen LogP contribution in [0, 0.1) is 11.7 Å². The number of fused-ring (bicyclic) bond motifs is 1. The molecule has 0 spiro atoms. The zero-order valence-electron chi connectivity index (χ0n) is 19.7. The second-order valence-corrected chi connectivity index (χ2v) is 9.21. The molecule has 2 heterocycles. The minimum Gasteiger partial charge on any atom is -0.494 e. The maximum absolute atomic E-state index is 15.0. The van der Waals surface area contributed by atoms with Crippen LogP contribution in [-0.2, 0) is 5.54 Å². The molecule has 1 aliphatic heterocycles. The van der Waals surface area contributed by atoms with Crippen molar-refractivity contribution in [2.75, 3.05) is 13.7 Å². The average Bonchev–Trinajstić information content (AvgIpc) is 3.28. The van der Waals surface area contributed by atoms with E-state index in [0.29, 0.717) is 40.6 Å². The molecule has 5 heteroatoms. The molecule has 0 aliphatic carbocycles. The predicted octanol–water partition coefficient (Wildman–Crippen LogP) is 6.34. The molecule has 0 fully saturated rings. The van der Waals surface area contributed by atoms with Gasteiger partial charge in [-0.15, -0.1) is 0 Å². The van der Waals surface area contributed by atoms with Gasteiger partial charge in [-0.25, -0.2) is 9.37 Å². The summed E-state index contributed by atoms with van der Waals surface area (Å²) < 4.78 is 21.0. The Morgan fingerprint density at radius 3 is 2.35 bits per heavy atom. The van der Waals surface area contributed by atoms with Crippen molar-refractivity contribution in [3.63, 3.8) is 0 Å². The van der Waals surface area contributed by atoms with Gasteiger partial charge in [0.25, 0.3) is 0 Å². The van der Waals surface area contributed by atoms with E-state index < -0.39 is 0 Å². The molecule has 0 bridgehead atoms. The Labute approximate surface area is 199 Å². The third kappa shape index (κ3) is 3.81. The van der Waals surface area contributed by atoms with Crippen LogP contribution in [0.5, 0.6) is 5.75 Å². The van der Waals surface area contributed by atoms with Gasteiger partial charge in [-0.2, -0.15) is 0 Å². The number of ether oxygens (including phenoxy) is 1. The summed E-state index contributed by atoms with van der Waals surface area (Å²) in [6.45, 7) is 5.03. The lowest BCUT2D eigenvalue weighted by atomic mass is 9.83. The normalized spacial score (nSPS) is 17.6. The van der Waals surface area contributed by atoms with Gasteiger partial charge in [0.2, 0.25) is 0 Å². The van der Waals surface area contributed by atoms with Gasteiger partial charge >= 0.3 is 0 Å². The summed E-state index contributed by atoms with van der Waals surface area (Å²) in [5, 5.41) is 4.43. The number of benzene rings is 3. The number of halogens is 1. The lowest BCUT2D eigenvalue weighted by molar-refractivity contribution is 0.340. The number of aromatic nitrogens is 1. The minimum atomic E-state index is -0.367. The third-order valence-corrected chi connectivity index (χ3v) is 6.36. The molecule has 4 aromatic rings. The number of hydrogen-bond acceptors (Lipinski definition) is 4. The summed E-state index contributed by atoms with van der Waals surface area (Å²) in [4.78, 5) is 9.70. The number of rotatable bonds is 6. The van der Waals surface area contributed by atoms with Crippen molar-refractivity contribution in [1.29, 1.82) is 0 Å². The fraction of sp³-hybridized carbons (Fsp3) is 0.241. The molecule has 1 unspecified atom stereocenters. The zero-order valence-corrected chi connectivity index (χ0v) is 19.7. The van der Waals surface area contributed by atoms with Crippen molar-refractivity contribution < 1.29 is 9.13 Å². The molecule has 34 heavy (non-hydrogen) atoms. The lowest BCUT2D eigenvalue weighted by Crippen LogP contribution is -2.44. The van der Waals surface area contributed by atoms with Crippen molar-refractivity contribution in [2.45, 2.75) is 25.8 Å². The van der Waals surface area contributed by atoms with E-state index in [9.17, 15) is 0 Å². The van der Waals surface area contributed by atoms with E-state index in [4.69, 9.17) is 14.7 Å². The first-order chi connectivity index (χ1) is 16.5. The highest BCUT2D eigenvalue weighted by Gasteiger charge is 2.39. The molecule has 172 valence electrons. The predicted molar refractivity (Wildman–Crippen MR) is 136 cm³/mol. The summed E-state index contributed by atoms with van der Waals surface area (Å²) in [6.07, 6.45) is 0.912. The third-order valence-electron chi connectivity index (χ3n) is 6.36. The first kappa shape index (κ1) is 22.1. The van der Waals surface area contributed by atoms with E-state index in [-0.39, 0.29) is 11.4 Å². The van der Waals surface area contributed by atoms with Gasteiger partial charge in [0, 0.05) is 10.9 Å². The van der Waals surface area contributed by atoms with Crippen LogP contribution in [0.4, 0.5) is 4.39 Å². The number of aliphatic imine (C=N–C) groups is 1. The Morgan fingerprint density at radius 1 is 0.971 bits per heavy atom. The highest BCUT2D eigenvalue weighted by atomic mass is 19.1. The average molecular weight is 454 g/mol. The van der Waals surface area contributed by atoms with Crippen molar-refractivity contribution in [3.05, 3.63) is 95.8 Å². The first-order valence-electron chi connectivity index (χ1n) is 11.6. The van der Waals surface area contributed by atoms with E-state index >= 15 is 4.39 Å². The van der Waals surface area contributed by atoms with Crippen LogP contribution in [0.25, 0.3) is 22.2 Å². The van der Waals surface area contributed by atoms with E-state index in [1.54, 1.807) is 13.2 Å². The number of methoxy groups -OCH3 is 1. The fourth-order valence-corrected chi connectivity index (χ4v) is 4.97. The van der Waals surface area contributed by atoms with Crippen LogP contribution >= 0.6 is 0 Å². The van der Waals surface area contributed by atoms with Crippen molar-refractivity contribution in [3.8, 4) is 17.0 Å². The molecule has 0 radical (unpaired) electrons. The quantitative estimate of drug-likeness (QED) is 0.370. The van der Waals surface area contributed by atoms with Gasteiger partial charge < -0.3 is 10.1 Å². The van der Waals surface area contributed by atoms with E-state index in [0.717, 1.165) is 17.5 Å². The lowest BCUT2D eigenvalue weighted by Gasteiger charge is -2.32. The maximum atomic E-state index is 15.0. The number of para-hydroxylation sites is 1. The van der Waals surface area contributed by atoms with Crippen LogP contribution < -0.4 is 10.1 Å². The molecule has 1 N–H and O–H groups in total. The molecule has 1 aromatic heterocycles. The molecular weight excluding hydrogens is 425 g/mol. The Morgan fingerprint density at radius 2 is 1.68 bits per heavy atom. The van der Waals surface area contributed by atoms with Gasteiger partial charge in [0.15, 0.2) is 5.75 Å². The molecular formula is C29H28FN3O. The SMILES string of the molecule is COc1c(-c2ccccc2)nc2c(F)cccc2c1C1=NCC(CC(C)C)(c2ccccc2)N1. The molecule has 1 aliphatic rings. The van der Waals surface area contributed by atoms with Crippen molar-refractivity contribution >= 4 is 16.7 Å². The zero-order chi connectivity index (χ0) is 23.7. The Balaban J connectivity index is 1.72. The van der Waals surface area contributed by atoms with Crippen molar-refractivity contribution in [2.24, 2.45) is 10.9 Å². The smallest absolute Gasteiger partial charge is 0.156 e. The molecule has 0 saturated heterocycles. The molecule has 3 aromatic carbocycles. The van der Waals surface area contributed by atoms with Gasteiger partial charge in [-0.1, -0.05) is 86.6 Å². The first-order valence-corrected chi connectivity index (χ1v) is 11.6. The fourth-order valence-electron chi connectivity index (χ4n) is 4.97. The highest BCUT2D eigenvalue weighted by molar-refractivity contribution is 6.14. The van der Waals surface area contributed by atoms with E-state index in [2.05, 4.69) is 43.4 Å². The Kier molecular flexibility index (Phi) is 5.78. The highest BCUT2D eigenvalue weighted by Crippen LogP contribution is 2.40. The van der Waals surface area contributed by atoms with Crippen LogP contribution in [0.2, 0.25) is 0 Å². The van der Waals surface area contributed by atoms with E-state index in [1.165, 1.54) is 11.6 Å². The standard InChI is InChI=1S/C29H28FN3O/c1-19(2)17-29(21-13-8-5-9-14-21)18-31-28(33-29)24-22-15-10-16-23(30)26(22)32-25(27(24)34-3)20-11-6-4-7-12-20/h4-16,19H,17-18H2,1-3H3,(H,31,33). The largest absolute Gasteiger partial charge is 0.494 e. The summed E-state index contributed by atoms with van der Waals surface area (Å²) in [5.74, 6) is 1.38. The maximum Gasteiger partial charge on any atom is 0.156 e. The number of pyridine rings is 1. The Bertz CT molecular complexity index is 1350. The van der Waals surface area contributed by atoms with Crippen LogP contribution in [-0.4, -0.2) is 24.5 Å². The van der Waals surface area contributed by atoms with Gasteiger partial charge in [0.05, 0.1) is 24.8 Å². The van der Waals surface area contributed by atoms with Crippen LogP contribution in [0.15, 0.2) is 83.9 Å². The number of hydrogen-bond donors (Lipinski definition) is 1. The van der Waals surface area contributed by atoms with Crippen LogP contribution in [0.3, 0.4) is 0 Å². The molecule has 0 amide bonds. The van der Waals surface area contributed by atoms with Gasteiger partial charge in [0.1, 0.15) is 22.9 Å². The molecule has 4 nitrogen and oxygen atoms in total. The second kappa shape index (κ2) is 8.90. The Hall–Kier alpha value is -3.73. The number of nitrogens with zero attached hydrogens (tertiary/aromatic N) is 2. The molecule has 1 atom stereocenters. The van der Waals surface area contributed by atoms with Gasteiger partial charge in [-0.05, 0) is 24.0 Å². The summed E-state index contributed by atoms with van der Waals surface area (Å²) >= 11 is 0. The molecule has 0 saturated carbocycles. The summed E-state index contributed by atoms with van der Waals surface area (Å²) in [7, 11) is 1.63. The van der Waals surface area contributed by atoms with E-state index in [1.807, 2.05) is 42.5 Å². The van der Waals surface area contributed by atoms with Crippen molar-refractivity contribution in [1.82, 2.24) is 10.3 Å². The minimum absolute atomic E-state index is 0.308. The number of amidine groups is 1. The monoisotopic (exact) mass is 453 g/mol. The second-order valence-electron chi connectivity index (χ2n) is 9.21. The topological polar surface area (TPSA) is 46.5 Å². The molecule has 5 rings (SSSR count).